The molecule has 1 atom stereocenters. The number of hydrogen-bond acceptors (Lipinski definition) is 3. The van der Waals surface area contributed by atoms with Crippen molar-refractivity contribution in [3.63, 3.8) is 0 Å². The van der Waals surface area contributed by atoms with Gasteiger partial charge in [-0.2, -0.15) is 0 Å². The number of nitrogens with one attached hydrogen (secondary N) is 1. The molecule has 0 aliphatic rings. The lowest BCUT2D eigenvalue weighted by molar-refractivity contribution is -0.121. The molecular weight excluding hydrogens is 314 g/mol. The summed E-state index contributed by atoms with van der Waals surface area (Å²) >= 11 is 0. The highest BCUT2D eigenvalue weighted by molar-refractivity contribution is 5.79. The molecule has 2 rings (SSSR count). The van der Waals surface area contributed by atoms with Gasteiger partial charge in [0.25, 0.3) is 0 Å². The van der Waals surface area contributed by atoms with Gasteiger partial charge in [-0.3, -0.25) is 4.79 Å². The summed E-state index contributed by atoms with van der Waals surface area (Å²) in [6.07, 6.45) is 1.25. The second-order valence-electron chi connectivity index (χ2n) is 6.55. The topological polar surface area (TPSA) is 47.6 Å². The van der Waals surface area contributed by atoms with Crippen LogP contribution < -0.4 is 14.8 Å². The summed E-state index contributed by atoms with van der Waals surface area (Å²) in [5.41, 5.74) is 2.06. The van der Waals surface area contributed by atoms with Crippen molar-refractivity contribution >= 4 is 5.91 Å². The van der Waals surface area contributed by atoms with Gasteiger partial charge in [-0.05, 0) is 47.7 Å². The van der Waals surface area contributed by atoms with Gasteiger partial charge in [0.15, 0.2) is 0 Å². The molecule has 4 heteroatoms. The molecule has 0 radical (unpaired) electrons. The summed E-state index contributed by atoms with van der Waals surface area (Å²) in [5, 5.41) is 3.17. The molecule has 1 amide bonds. The Morgan fingerprint density at radius 2 is 1.44 bits per heavy atom. The van der Waals surface area contributed by atoms with E-state index in [1.165, 1.54) is 0 Å². The van der Waals surface area contributed by atoms with E-state index in [-0.39, 0.29) is 11.9 Å². The van der Waals surface area contributed by atoms with Crippen LogP contribution in [0.4, 0.5) is 0 Å². The third-order valence-corrected chi connectivity index (χ3v) is 4.08. The lowest BCUT2D eigenvalue weighted by atomic mass is 9.96. The Balaban J connectivity index is 2.05. The zero-order valence-electron chi connectivity index (χ0n) is 15.4. The average molecular weight is 341 g/mol. The number of hydrogen-bond donors (Lipinski definition) is 1. The van der Waals surface area contributed by atoms with Crippen LogP contribution in [0, 0.1) is 5.92 Å². The Bertz CT molecular complexity index is 663. The Hall–Kier alpha value is -2.49. The first-order valence-corrected chi connectivity index (χ1v) is 8.58. The van der Waals surface area contributed by atoms with Gasteiger partial charge < -0.3 is 14.8 Å². The lowest BCUT2D eigenvalue weighted by Gasteiger charge is -2.21. The Labute approximate surface area is 150 Å². The van der Waals surface area contributed by atoms with Crippen LogP contribution in [0.25, 0.3) is 0 Å². The van der Waals surface area contributed by atoms with E-state index in [0.29, 0.717) is 12.3 Å². The zero-order chi connectivity index (χ0) is 18.2. The number of carbonyl (C=O) groups excluding carboxylic acids is 1. The number of carbonyl (C=O) groups is 1. The third-order valence-electron chi connectivity index (χ3n) is 4.08. The van der Waals surface area contributed by atoms with Crippen molar-refractivity contribution in [2.75, 3.05) is 14.2 Å². The summed E-state index contributed by atoms with van der Waals surface area (Å²) in [6, 6.07) is 15.5. The molecule has 0 fully saturated rings. The van der Waals surface area contributed by atoms with E-state index in [0.717, 1.165) is 29.0 Å². The van der Waals surface area contributed by atoms with E-state index in [9.17, 15) is 4.79 Å². The predicted octanol–water partition coefficient (Wildman–Crippen LogP) is 4.15. The highest BCUT2D eigenvalue weighted by Gasteiger charge is 2.16. The quantitative estimate of drug-likeness (QED) is 0.784. The molecule has 0 unspecified atom stereocenters. The maximum absolute atomic E-state index is 12.5. The molecular formula is C21H27NO3. The normalized spacial score (nSPS) is 11.9. The molecule has 0 heterocycles. The van der Waals surface area contributed by atoms with E-state index in [4.69, 9.17) is 9.47 Å². The van der Waals surface area contributed by atoms with Crippen molar-refractivity contribution in [2.45, 2.75) is 32.7 Å². The first-order chi connectivity index (χ1) is 12.0. The van der Waals surface area contributed by atoms with Gasteiger partial charge in [0.05, 0.1) is 26.7 Å². The van der Waals surface area contributed by atoms with Crippen LogP contribution in [0.2, 0.25) is 0 Å². The van der Waals surface area contributed by atoms with Crippen molar-refractivity contribution in [3.8, 4) is 11.5 Å². The van der Waals surface area contributed by atoms with E-state index in [2.05, 4.69) is 19.2 Å². The molecule has 0 saturated carbocycles. The SMILES string of the molecule is COc1ccc(CC(=O)N[C@@H](CC(C)C)c2ccc(OC)cc2)cc1. The standard InChI is InChI=1S/C21H27NO3/c1-15(2)13-20(17-7-11-19(25-4)12-8-17)22-21(23)14-16-5-9-18(24-3)10-6-16/h5-12,15,20H,13-14H2,1-4H3,(H,22,23)/t20-/m0/s1. The number of amides is 1. The molecule has 0 aliphatic heterocycles. The van der Waals surface area contributed by atoms with E-state index in [1.807, 2.05) is 48.5 Å². The molecule has 2 aromatic rings. The van der Waals surface area contributed by atoms with Gasteiger partial charge >= 0.3 is 0 Å². The van der Waals surface area contributed by atoms with Gasteiger partial charge in [0.2, 0.25) is 5.91 Å². The molecule has 2 aromatic carbocycles. The molecule has 0 aliphatic carbocycles. The largest absolute Gasteiger partial charge is 0.497 e. The van der Waals surface area contributed by atoms with Crippen LogP contribution in [-0.4, -0.2) is 20.1 Å². The van der Waals surface area contributed by atoms with E-state index < -0.39 is 0 Å². The summed E-state index contributed by atoms with van der Waals surface area (Å²) in [6.45, 7) is 4.32. The molecule has 0 saturated heterocycles. The van der Waals surface area contributed by atoms with Crippen LogP contribution >= 0.6 is 0 Å². The Morgan fingerprint density at radius 3 is 1.92 bits per heavy atom. The van der Waals surface area contributed by atoms with Crippen molar-refractivity contribution in [2.24, 2.45) is 5.92 Å². The van der Waals surface area contributed by atoms with Crippen molar-refractivity contribution in [1.82, 2.24) is 5.32 Å². The first kappa shape index (κ1) is 18.8. The van der Waals surface area contributed by atoms with E-state index >= 15 is 0 Å². The number of ether oxygens (including phenoxy) is 2. The molecule has 134 valence electrons. The Morgan fingerprint density at radius 1 is 0.920 bits per heavy atom. The number of rotatable bonds is 8. The molecule has 0 aromatic heterocycles. The highest BCUT2D eigenvalue weighted by Crippen LogP contribution is 2.24. The fourth-order valence-corrected chi connectivity index (χ4v) is 2.76. The third kappa shape index (κ3) is 5.82. The summed E-state index contributed by atoms with van der Waals surface area (Å²) < 4.78 is 10.4. The number of methoxy groups -OCH3 is 2. The summed E-state index contributed by atoms with van der Waals surface area (Å²) in [5.74, 6) is 2.11. The fourth-order valence-electron chi connectivity index (χ4n) is 2.76. The highest BCUT2D eigenvalue weighted by atomic mass is 16.5. The van der Waals surface area contributed by atoms with Gasteiger partial charge in [-0.25, -0.2) is 0 Å². The van der Waals surface area contributed by atoms with Crippen LogP contribution in [-0.2, 0) is 11.2 Å². The van der Waals surface area contributed by atoms with Gasteiger partial charge in [-0.1, -0.05) is 38.1 Å². The molecule has 1 N–H and O–H groups in total. The molecule has 25 heavy (non-hydrogen) atoms. The minimum absolute atomic E-state index is 0.00310. The fraction of sp³-hybridized carbons (Fsp3) is 0.381. The van der Waals surface area contributed by atoms with Crippen LogP contribution in [0.5, 0.6) is 11.5 Å². The monoisotopic (exact) mass is 341 g/mol. The predicted molar refractivity (Wildman–Crippen MR) is 100 cm³/mol. The average Bonchev–Trinajstić information content (AvgIpc) is 2.61. The first-order valence-electron chi connectivity index (χ1n) is 8.58. The number of benzene rings is 2. The summed E-state index contributed by atoms with van der Waals surface area (Å²) in [4.78, 5) is 12.5. The molecule has 0 bridgehead atoms. The zero-order valence-corrected chi connectivity index (χ0v) is 15.4. The second kappa shape index (κ2) is 9.11. The van der Waals surface area contributed by atoms with Crippen LogP contribution in [0.15, 0.2) is 48.5 Å². The van der Waals surface area contributed by atoms with Crippen molar-refractivity contribution < 1.29 is 14.3 Å². The molecule has 0 spiro atoms. The van der Waals surface area contributed by atoms with Crippen LogP contribution in [0.1, 0.15) is 37.4 Å². The van der Waals surface area contributed by atoms with Crippen molar-refractivity contribution in [1.29, 1.82) is 0 Å². The van der Waals surface area contributed by atoms with Gasteiger partial charge in [0, 0.05) is 0 Å². The lowest BCUT2D eigenvalue weighted by Crippen LogP contribution is -2.30. The van der Waals surface area contributed by atoms with E-state index in [1.54, 1.807) is 14.2 Å². The van der Waals surface area contributed by atoms with Crippen LogP contribution in [0.3, 0.4) is 0 Å². The van der Waals surface area contributed by atoms with Gasteiger partial charge in [0.1, 0.15) is 11.5 Å². The maximum atomic E-state index is 12.5. The Kier molecular flexibility index (Phi) is 6.87. The van der Waals surface area contributed by atoms with Gasteiger partial charge in [-0.15, -0.1) is 0 Å². The van der Waals surface area contributed by atoms with Crippen molar-refractivity contribution in [3.05, 3.63) is 59.7 Å². The minimum atomic E-state index is -0.00310. The minimum Gasteiger partial charge on any atom is -0.497 e. The summed E-state index contributed by atoms with van der Waals surface area (Å²) in [7, 11) is 3.28. The maximum Gasteiger partial charge on any atom is 0.224 e. The smallest absolute Gasteiger partial charge is 0.224 e. The second-order valence-corrected chi connectivity index (χ2v) is 6.55. The molecule has 4 nitrogen and oxygen atoms in total.